The van der Waals surface area contributed by atoms with Crippen molar-refractivity contribution in [3.8, 4) is 11.1 Å². The zero-order valence-electron chi connectivity index (χ0n) is 14.1. The van der Waals surface area contributed by atoms with Crippen molar-refractivity contribution in [2.24, 2.45) is 5.73 Å². The largest absolute Gasteiger partial charge is 0.388 e. The molecule has 1 heterocycles. The van der Waals surface area contributed by atoms with Crippen LogP contribution >= 0.6 is 11.6 Å². The first kappa shape index (κ1) is 17.7. The van der Waals surface area contributed by atoms with Crippen LogP contribution < -0.4 is 5.73 Å². The van der Waals surface area contributed by atoms with Gasteiger partial charge in [0.1, 0.15) is 0 Å². The highest BCUT2D eigenvalue weighted by Gasteiger charge is 2.24. The lowest BCUT2D eigenvalue weighted by atomic mass is 9.86. The standard InChI is InChI=1S/C20H22ClN3O/c1-20(22,10-14-2-8-18(21)9-3-14)11-19(25)16-6-4-15(5-7-16)17-12-23-24-13-17/h2-9,12-13,19,25H,10-11,22H2,1H3,(H,23,24). The Labute approximate surface area is 152 Å². The molecule has 3 aromatic rings. The maximum Gasteiger partial charge on any atom is 0.0807 e. The summed E-state index contributed by atoms with van der Waals surface area (Å²) in [4.78, 5) is 0. The molecule has 0 fully saturated rings. The van der Waals surface area contributed by atoms with Crippen LogP contribution in [-0.4, -0.2) is 20.8 Å². The van der Waals surface area contributed by atoms with Crippen molar-refractivity contribution >= 4 is 11.6 Å². The highest BCUT2D eigenvalue weighted by atomic mass is 35.5. The first-order valence-corrected chi connectivity index (χ1v) is 8.61. The molecule has 0 spiro atoms. The third kappa shape index (κ3) is 4.69. The predicted molar refractivity (Wildman–Crippen MR) is 101 cm³/mol. The summed E-state index contributed by atoms with van der Waals surface area (Å²) in [6, 6.07) is 15.5. The van der Waals surface area contributed by atoms with E-state index in [1.165, 1.54) is 0 Å². The number of halogens is 1. The average Bonchev–Trinajstić information content (AvgIpc) is 3.11. The van der Waals surface area contributed by atoms with Gasteiger partial charge < -0.3 is 10.8 Å². The minimum absolute atomic E-state index is 0.473. The maximum atomic E-state index is 10.6. The Morgan fingerprint density at radius 3 is 2.40 bits per heavy atom. The van der Waals surface area contributed by atoms with E-state index in [0.29, 0.717) is 17.9 Å². The van der Waals surface area contributed by atoms with Crippen LogP contribution in [0.15, 0.2) is 60.9 Å². The van der Waals surface area contributed by atoms with E-state index in [-0.39, 0.29) is 0 Å². The van der Waals surface area contributed by atoms with Crippen LogP contribution in [0.25, 0.3) is 11.1 Å². The molecule has 4 N–H and O–H groups in total. The number of aromatic nitrogens is 2. The summed E-state index contributed by atoms with van der Waals surface area (Å²) in [7, 11) is 0. The second kappa shape index (κ2) is 7.40. The van der Waals surface area contributed by atoms with E-state index in [4.69, 9.17) is 17.3 Å². The van der Waals surface area contributed by atoms with Crippen LogP contribution in [0.4, 0.5) is 0 Å². The van der Waals surface area contributed by atoms with Crippen molar-refractivity contribution in [1.29, 1.82) is 0 Å². The summed E-state index contributed by atoms with van der Waals surface area (Å²) in [5.74, 6) is 0. The molecule has 0 aliphatic rings. The van der Waals surface area contributed by atoms with E-state index in [2.05, 4.69) is 10.2 Å². The van der Waals surface area contributed by atoms with Crippen LogP contribution in [0.3, 0.4) is 0 Å². The first-order valence-electron chi connectivity index (χ1n) is 8.23. The first-order chi connectivity index (χ1) is 11.9. The lowest BCUT2D eigenvalue weighted by Gasteiger charge is -2.28. The van der Waals surface area contributed by atoms with E-state index in [1.807, 2.05) is 61.7 Å². The van der Waals surface area contributed by atoms with Crippen LogP contribution in [0.2, 0.25) is 5.02 Å². The quantitative estimate of drug-likeness (QED) is 0.622. The third-order valence-corrected chi connectivity index (χ3v) is 4.56. The fourth-order valence-corrected chi connectivity index (χ4v) is 3.13. The number of nitrogens with zero attached hydrogens (tertiary/aromatic N) is 1. The molecule has 0 amide bonds. The van der Waals surface area contributed by atoms with Gasteiger partial charge in [0.2, 0.25) is 0 Å². The average molecular weight is 356 g/mol. The topological polar surface area (TPSA) is 74.9 Å². The Morgan fingerprint density at radius 2 is 1.80 bits per heavy atom. The fraction of sp³-hybridized carbons (Fsp3) is 0.250. The lowest BCUT2D eigenvalue weighted by Crippen LogP contribution is -2.40. The highest BCUT2D eigenvalue weighted by molar-refractivity contribution is 6.30. The number of nitrogens with one attached hydrogen (secondary N) is 1. The molecule has 4 nitrogen and oxygen atoms in total. The number of hydrogen-bond donors (Lipinski definition) is 3. The molecule has 0 radical (unpaired) electrons. The maximum absolute atomic E-state index is 10.6. The molecule has 3 rings (SSSR count). The van der Waals surface area contributed by atoms with Crippen LogP contribution in [0, 0.1) is 0 Å². The molecule has 2 atom stereocenters. The van der Waals surface area contributed by atoms with Gasteiger partial charge in [0.15, 0.2) is 0 Å². The van der Waals surface area contributed by atoms with Gasteiger partial charge in [-0.2, -0.15) is 5.10 Å². The second-order valence-corrected chi connectivity index (χ2v) is 7.22. The summed E-state index contributed by atoms with van der Waals surface area (Å²) < 4.78 is 0. The van der Waals surface area contributed by atoms with Crippen molar-refractivity contribution in [3.05, 3.63) is 77.1 Å². The number of rotatable bonds is 6. The summed E-state index contributed by atoms with van der Waals surface area (Å²) in [5.41, 5.74) is 9.96. The highest BCUT2D eigenvalue weighted by Crippen LogP contribution is 2.27. The normalized spacial score (nSPS) is 14.9. The van der Waals surface area contributed by atoms with Gasteiger partial charge >= 0.3 is 0 Å². The number of benzene rings is 2. The van der Waals surface area contributed by atoms with Gasteiger partial charge in [-0.1, -0.05) is 48.0 Å². The van der Waals surface area contributed by atoms with E-state index in [1.54, 1.807) is 6.20 Å². The van der Waals surface area contributed by atoms with Gasteiger partial charge in [-0.15, -0.1) is 0 Å². The van der Waals surface area contributed by atoms with Crippen molar-refractivity contribution in [2.45, 2.75) is 31.4 Å². The molecule has 2 unspecified atom stereocenters. The number of aromatic amines is 1. The zero-order valence-corrected chi connectivity index (χ0v) is 14.9. The van der Waals surface area contributed by atoms with Gasteiger partial charge in [0, 0.05) is 22.3 Å². The van der Waals surface area contributed by atoms with E-state index in [0.717, 1.165) is 22.3 Å². The van der Waals surface area contributed by atoms with Gasteiger partial charge in [0.05, 0.1) is 12.3 Å². The zero-order chi connectivity index (χ0) is 17.9. The fourth-order valence-electron chi connectivity index (χ4n) is 3.01. The number of hydrogen-bond acceptors (Lipinski definition) is 3. The SMILES string of the molecule is CC(N)(Cc1ccc(Cl)cc1)CC(O)c1ccc(-c2cn[nH]c2)cc1. The van der Waals surface area contributed by atoms with Crippen molar-refractivity contribution < 1.29 is 5.11 Å². The molecule has 0 saturated heterocycles. The van der Waals surface area contributed by atoms with Gasteiger partial charge in [-0.05, 0) is 48.6 Å². The number of nitrogens with two attached hydrogens (primary N) is 1. The lowest BCUT2D eigenvalue weighted by molar-refractivity contribution is 0.137. The minimum Gasteiger partial charge on any atom is -0.388 e. The van der Waals surface area contributed by atoms with Crippen LogP contribution in [0.1, 0.15) is 30.6 Å². The molecule has 0 saturated carbocycles. The summed E-state index contributed by atoms with van der Waals surface area (Å²) in [6.07, 6.45) is 4.15. The monoisotopic (exact) mass is 355 g/mol. The summed E-state index contributed by atoms with van der Waals surface area (Å²) in [6.45, 7) is 1.96. The molecule has 5 heteroatoms. The number of aliphatic hydroxyl groups excluding tert-OH is 1. The summed E-state index contributed by atoms with van der Waals surface area (Å²) in [5, 5.41) is 18.0. The third-order valence-electron chi connectivity index (χ3n) is 4.31. The Morgan fingerprint density at radius 1 is 1.12 bits per heavy atom. The molecule has 0 aliphatic carbocycles. The van der Waals surface area contributed by atoms with Crippen molar-refractivity contribution in [2.75, 3.05) is 0 Å². The van der Waals surface area contributed by atoms with E-state index >= 15 is 0 Å². The van der Waals surface area contributed by atoms with Crippen LogP contribution in [0.5, 0.6) is 0 Å². The molecule has 0 bridgehead atoms. The van der Waals surface area contributed by atoms with E-state index < -0.39 is 11.6 Å². The smallest absolute Gasteiger partial charge is 0.0807 e. The molecule has 2 aromatic carbocycles. The van der Waals surface area contributed by atoms with Gasteiger partial charge in [0.25, 0.3) is 0 Å². The molecular weight excluding hydrogens is 334 g/mol. The summed E-state index contributed by atoms with van der Waals surface area (Å²) >= 11 is 5.92. The Kier molecular flexibility index (Phi) is 5.23. The molecule has 130 valence electrons. The molecule has 1 aromatic heterocycles. The minimum atomic E-state index is -0.610. The van der Waals surface area contributed by atoms with Crippen LogP contribution in [-0.2, 0) is 6.42 Å². The number of H-pyrrole nitrogens is 1. The molecule has 25 heavy (non-hydrogen) atoms. The van der Waals surface area contributed by atoms with Gasteiger partial charge in [-0.3, -0.25) is 5.10 Å². The molecule has 0 aliphatic heterocycles. The predicted octanol–water partition coefficient (Wildman–Crippen LogP) is 4.11. The Bertz CT molecular complexity index is 796. The second-order valence-electron chi connectivity index (χ2n) is 6.79. The van der Waals surface area contributed by atoms with Gasteiger partial charge in [-0.25, -0.2) is 0 Å². The van der Waals surface area contributed by atoms with Crippen molar-refractivity contribution in [3.63, 3.8) is 0 Å². The number of aliphatic hydroxyl groups is 1. The van der Waals surface area contributed by atoms with Crippen molar-refractivity contribution in [1.82, 2.24) is 10.2 Å². The Hall–Kier alpha value is -2.14. The Balaban J connectivity index is 1.65. The van der Waals surface area contributed by atoms with E-state index in [9.17, 15) is 5.11 Å². The molecular formula is C20H22ClN3O.